The van der Waals surface area contributed by atoms with Crippen molar-refractivity contribution in [1.29, 1.82) is 0 Å². The molecule has 2 N–H and O–H groups in total. The average Bonchev–Trinajstić information content (AvgIpc) is 3.19. The van der Waals surface area contributed by atoms with Gasteiger partial charge in [-0.2, -0.15) is 0 Å². The van der Waals surface area contributed by atoms with Crippen LogP contribution in [-0.4, -0.2) is 48.9 Å². The summed E-state index contributed by atoms with van der Waals surface area (Å²) in [4.78, 5) is 16.7. The molecule has 1 aromatic rings. The summed E-state index contributed by atoms with van der Waals surface area (Å²) in [6, 6.07) is 8.16. The molecule has 0 atom stereocenters. The van der Waals surface area contributed by atoms with E-state index in [-0.39, 0.29) is 11.4 Å². The van der Waals surface area contributed by atoms with E-state index in [1.807, 2.05) is 17.0 Å². The zero-order chi connectivity index (χ0) is 14.2. The van der Waals surface area contributed by atoms with Crippen LogP contribution < -0.4 is 5.73 Å². The van der Waals surface area contributed by atoms with Gasteiger partial charge in [0, 0.05) is 31.7 Å². The van der Waals surface area contributed by atoms with E-state index in [0.717, 1.165) is 44.6 Å². The maximum Gasteiger partial charge on any atom is 0.227 e. The Hall–Kier alpha value is -1.39. The summed E-state index contributed by atoms with van der Waals surface area (Å²) in [5.41, 5.74) is 8.42. The van der Waals surface area contributed by atoms with Gasteiger partial charge in [-0.1, -0.05) is 24.3 Å². The predicted octanol–water partition coefficient (Wildman–Crippen LogP) is 0.951. The Morgan fingerprint density at radius 1 is 1.20 bits per heavy atom. The fourth-order valence-electron chi connectivity index (χ4n) is 2.89. The number of amides is 1. The van der Waals surface area contributed by atoms with E-state index in [1.165, 1.54) is 5.56 Å². The van der Waals surface area contributed by atoms with Crippen LogP contribution in [0.1, 0.15) is 24.0 Å². The predicted molar refractivity (Wildman–Crippen MR) is 79.3 cm³/mol. The third kappa shape index (κ3) is 2.72. The van der Waals surface area contributed by atoms with Gasteiger partial charge in [-0.3, -0.25) is 4.79 Å². The normalized spacial score (nSPS) is 21.8. The highest BCUT2D eigenvalue weighted by molar-refractivity contribution is 5.79. The minimum Gasteiger partial charge on any atom is -0.340 e. The van der Waals surface area contributed by atoms with Crippen LogP contribution in [-0.2, 0) is 16.8 Å². The third-order valence-electron chi connectivity index (χ3n) is 4.54. The third-order valence-corrected chi connectivity index (χ3v) is 4.54. The maximum atomic E-state index is 12.4. The molecular formula is C16H23N3O. The lowest BCUT2D eigenvalue weighted by Crippen LogP contribution is -2.47. The van der Waals surface area contributed by atoms with Crippen molar-refractivity contribution in [2.24, 2.45) is 5.73 Å². The molecule has 0 aromatic heterocycles. The fraction of sp³-hybridized carbons (Fsp3) is 0.562. The van der Waals surface area contributed by atoms with Crippen molar-refractivity contribution in [1.82, 2.24) is 9.80 Å². The molecule has 4 heteroatoms. The topological polar surface area (TPSA) is 49.6 Å². The van der Waals surface area contributed by atoms with Gasteiger partial charge in [0.05, 0.1) is 6.42 Å². The largest absolute Gasteiger partial charge is 0.340 e. The van der Waals surface area contributed by atoms with E-state index in [0.29, 0.717) is 6.42 Å². The average molecular weight is 273 g/mol. The molecule has 1 aliphatic carbocycles. The lowest BCUT2D eigenvalue weighted by Gasteiger charge is -2.32. The molecule has 20 heavy (non-hydrogen) atoms. The van der Waals surface area contributed by atoms with Gasteiger partial charge in [0.15, 0.2) is 0 Å². The summed E-state index contributed by atoms with van der Waals surface area (Å²) >= 11 is 0. The smallest absolute Gasteiger partial charge is 0.227 e. The Kier molecular flexibility index (Phi) is 3.52. The first-order valence-corrected chi connectivity index (χ1v) is 7.42. The number of rotatable bonds is 3. The summed E-state index contributed by atoms with van der Waals surface area (Å²) in [6.45, 7) is 3.61. The number of carbonyl (C=O) groups is 1. The summed E-state index contributed by atoms with van der Waals surface area (Å²) in [7, 11) is 2.10. The number of hydrogen-bond donors (Lipinski definition) is 1. The standard InChI is InChI=1S/C16H23N3O/c1-18-8-10-19(11-9-18)15(20)12-13-4-2-3-5-14(13)16(17)6-7-16/h2-5H,6-12,17H2,1H3. The molecule has 1 amide bonds. The second kappa shape index (κ2) is 5.19. The minimum absolute atomic E-state index is 0.168. The van der Waals surface area contributed by atoms with E-state index >= 15 is 0 Å². The summed E-state index contributed by atoms with van der Waals surface area (Å²) in [5.74, 6) is 0.231. The first-order chi connectivity index (χ1) is 9.58. The molecule has 3 rings (SSSR count). The van der Waals surface area contributed by atoms with E-state index in [2.05, 4.69) is 24.1 Å². The van der Waals surface area contributed by atoms with Crippen LogP contribution in [0.2, 0.25) is 0 Å². The first-order valence-electron chi connectivity index (χ1n) is 7.42. The van der Waals surface area contributed by atoms with Crippen LogP contribution in [0.25, 0.3) is 0 Å². The monoisotopic (exact) mass is 273 g/mol. The van der Waals surface area contributed by atoms with Crippen molar-refractivity contribution >= 4 is 5.91 Å². The Morgan fingerprint density at radius 3 is 2.50 bits per heavy atom. The Bertz CT molecular complexity index is 502. The first kappa shape index (κ1) is 13.6. The van der Waals surface area contributed by atoms with Crippen LogP contribution >= 0.6 is 0 Å². The van der Waals surface area contributed by atoms with Crippen molar-refractivity contribution < 1.29 is 4.79 Å². The Morgan fingerprint density at radius 2 is 1.85 bits per heavy atom. The van der Waals surface area contributed by atoms with Gasteiger partial charge in [0.2, 0.25) is 5.91 Å². The van der Waals surface area contributed by atoms with Crippen molar-refractivity contribution in [2.75, 3.05) is 33.2 Å². The summed E-state index contributed by atoms with van der Waals surface area (Å²) in [5, 5.41) is 0. The molecular weight excluding hydrogens is 250 g/mol. The molecule has 1 aromatic carbocycles. The molecule has 0 spiro atoms. The van der Waals surface area contributed by atoms with Gasteiger partial charge < -0.3 is 15.5 Å². The van der Waals surface area contributed by atoms with Crippen LogP contribution in [0.4, 0.5) is 0 Å². The minimum atomic E-state index is -0.168. The van der Waals surface area contributed by atoms with E-state index < -0.39 is 0 Å². The van der Waals surface area contributed by atoms with Crippen LogP contribution in [0.3, 0.4) is 0 Å². The van der Waals surface area contributed by atoms with Gasteiger partial charge >= 0.3 is 0 Å². The fourth-order valence-corrected chi connectivity index (χ4v) is 2.89. The number of carbonyl (C=O) groups excluding carboxylic acids is 1. The number of nitrogens with zero attached hydrogens (tertiary/aromatic N) is 2. The molecule has 0 radical (unpaired) electrons. The second-order valence-electron chi connectivity index (χ2n) is 6.17. The lowest BCUT2D eigenvalue weighted by atomic mass is 9.96. The van der Waals surface area contributed by atoms with E-state index in [9.17, 15) is 4.79 Å². The molecule has 2 aliphatic rings. The maximum absolute atomic E-state index is 12.4. The lowest BCUT2D eigenvalue weighted by molar-refractivity contribution is -0.132. The number of nitrogens with two attached hydrogens (primary N) is 1. The van der Waals surface area contributed by atoms with Crippen molar-refractivity contribution in [2.45, 2.75) is 24.8 Å². The quantitative estimate of drug-likeness (QED) is 0.892. The van der Waals surface area contributed by atoms with Crippen molar-refractivity contribution in [3.63, 3.8) is 0 Å². The second-order valence-corrected chi connectivity index (χ2v) is 6.17. The summed E-state index contributed by atoms with van der Waals surface area (Å²) in [6.07, 6.45) is 2.55. The molecule has 1 aliphatic heterocycles. The van der Waals surface area contributed by atoms with Gasteiger partial charge in [-0.25, -0.2) is 0 Å². The zero-order valence-electron chi connectivity index (χ0n) is 12.1. The molecule has 108 valence electrons. The number of piperazine rings is 1. The van der Waals surface area contributed by atoms with E-state index in [4.69, 9.17) is 5.73 Å². The van der Waals surface area contributed by atoms with Gasteiger partial charge in [-0.05, 0) is 31.0 Å². The zero-order valence-corrected chi connectivity index (χ0v) is 12.1. The molecule has 0 bridgehead atoms. The van der Waals surface area contributed by atoms with Gasteiger partial charge in [-0.15, -0.1) is 0 Å². The van der Waals surface area contributed by atoms with Gasteiger partial charge in [0.1, 0.15) is 0 Å². The highest BCUT2D eigenvalue weighted by atomic mass is 16.2. The van der Waals surface area contributed by atoms with E-state index in [1.54, 1.807) is 0 Å². The molecule has 1 saturated carbocycles. The van der Waals surface area contributed by atoms with Crippen LogP contribution in [0, 0.1) is 0 Å². The highest BCUT2D eigenvalue weighted by Gasteiger charge is 2.41. The number of hydrogen-bond acceptors (Lipinski definition) is 3. The van der Waals surface area contributed by atoms with Crippen LogP contribution in [0.15, 0.2) is 24.3 Å². The molecule has 0 unspecified atom stereocenters. The Balaban J connectivity index is 1.70. The summed E-state index contributed by atoms with van der Waals surface area (Å²) < 4.78 is 0. The number of likely N-dealkylation sites (N-methyl/N-ethyl adjacent to an activating group) is 1. The molecule has 2 fully saturated rings. The molecule has 1 heterocycles. The SMILES string of the molecule is CN1CCN(C(=O)Cc2ccccc2C2(N)CC2)CC1. The Labute approximate surface area is 120 Å². The van der Waals surface area contributed by atoms with Crippen molar-refractivity contribution in [3.8, 4) is 0 Å². The van der Waals surface area contributed by atoms with Crippen LogP contribution in [0.5, 0.6) is 0 Å². The number of benzene rings is 1. The molecule has 4 nitrogen and oxygen atoms in total. The van der Waals surface area contributed by atoms with Gasteiger partial charge in [0.25, 0.3) is 0 Å². The van der Waals surface area contributed by atoms with Crippen molar-refractivity contribution in [3.05, 3.63) is 35.4 Å². The highest BCUT2D eigenvalue weighted by Crippen LogP contribution is 2.44. The molecule has 1 saturated heterocycles.